The highest BCUT2D eigenvalue weighted by molar-refractivity contribution is 6.29. The molecule has 2 atom stereocenters. The number of hydrogen-bond donors (Lipinski definition) is 2. The van der Waals surface area contributed by atoms with Crippen LogP contribution in [0.2, 0.25) is 0 Å². The maximum Gasteiger partial charge on any atom is 0.335 e. The van der Waals surface area contributed by atoms with Crippen molar-refractivity contribution in [2.24, 2.45) is 11.7 Å². The lowest BCUT2D eigenvalue weighted by molar-refractivity contribution is -0.144. The van der Waals surface area contributed by atoms with Gasteiger partial charge in [0.05, 0.1) is 6.61 Å². The minimum absolute atomic E-state index is 0.124. The summed E-state index contributed by atoms with van der Waals surface area (Å²) in [5.41, 5.74) is 3.12. The minimum atomic E-state index is -1.94. The Morgan fingerprint density at radius 1 is 1.47 bits per heavy atom. The monoisotopic (exact) mass is 264 g/mol. The fourth-order valence-corrected chi connectivity index (χ4v) is 2.39. The van der Waals surface area contributed by atoms with Gasteiger partial charge in [-0.1, -0.05) is 13.8 Å². The normalized spacial score (nSPS) is 29.6. The molecule has 0 saturated heterocycles. The van der Waals surface area contributed by atoms with E-state index in [1.54, 1.807) is 38.4 Å². The highest BCUT2D eigenvalue weighted by Gasteiger charge is 2.83. The molecule has 1 saturated carbocycles. The Labute approximate surface area is 110 Å². The predicted molar refractivity (Wildman–Crippen MR) is 66.2 cm³/mol. The maximum atomic E-state index is 11.9. The number of aliphatic carboxylic acids is 1. The van der Waals surface area contributed by atoms with Gasteiger partial charge in [0.1, 0.15) is 0 Å². The number of carboxylic acid groups (broad SMARTS) is 1. The van der Waals surface area contributed by atoms with Crippen LogP contribution < -0.4 is 5.73 Å². The molecule has 2 unspecified atom stereocenters. The number of nitrogens with zero attached hydrogens (tertiary/aromatic N) is 1. The molecular formula is C13H16N2O4. The van der Waals surface area contributed by atoms with Crippen LogP contribution in [0.5, 0.6) is 0 Å². The molecule has 0 aromatic carbocycles. The first-order chi connectivity index (χ1) is 8.87. The van der Waals surface area contributed by atoms with Crippen LogP contribution in [0.25, 0.3) is 0 Å². The molecule has 0 aliphatic heterocycles. The molecule has 19 heavy (non-hydrogen) atoms. The summed E-state index contributed by atoms with van der Waals surface area (Å²) in [6, 6.07) is 3.47. The van der Waals surface area contributed by atoms with Crippen LogP contribution in [0.1, 0.15) is 19.4 Å². The second-order valence-corrected chi connectivity index (χ2v) is 4.98. The number of carboxylic acids is 1. The molecule has 1 fully saturated rings. The number of carbonyl (C=O) groups is 2. The van der Waals surface area contributed by atoms with E-state index in [1.165, 1.54) is 0 Å². The quantitative estimate of drug-likeness (QED) is 0.744. The van der Waals surface area contributed by atoms with E-state index in [0.717, 1.165) is 5.56 Å². The summed E-state index contributed by atoms with van der Waals surface area (Å²) in [7, 11) is 0. The summed E-state index contributed by atoms with van der Waals surface area (Å²) >= 11 is 0. The van der Waals surface area contributed by atoms with Crippen molar-refractivity contribution in [3.05, 3.63) is 30.1 Å². The summed E-state index contributed by atoms with van der Waals surface area (Å²) in [4.78, 5) is 27.0. The smallest absolute Gasteiger partial charge is 0.335 e. The third kappa shape index (κ3) is 1.75. The van der Waals surface area contributed by atoms with E-state index in [0.29, 0.717) is 0 Å². The van der Waals surface area contributed by atoms with E-state index in [-0.39, 0.29) is 12.5 Å². The Bertz CT molecular complexity index is 517. The van der Waals surface area contributed by atoms with Crippen molar-refractivity contribution in [3.8, 4) is 0 Å². The summed E-state index contributed by atoms with van der Waals surface area (Å²) < 4.78 is 5.59. The molecule has 102 valence electrons. The van der Waals surface area contributed by atoms with E-state index < -0.39 is 22.9 Å². The molecule has 1 aliphatic carbocycles. The lowest BCUT2D eigenvalue weighted by Crippen LogP contribution is -2.46. The SMILES string of the molecule is CC(C)C1(OCc2ccncc2)C(=O)C1(N)C(=O)O. The van der Waals surface area contributed by atoms with E-state index in [4.69, 9.17) is 15.6 Å². The first kappa shape index (κ1) is 13.6. The molecular weight excluding hydrogens is 248 g/mol. The van der Waals surface area contributed by atoms with Crippen molar-refractivity contribution in [1.82, 2.24) is 4.98 Å². The summed E-state index contributed by atoms with van der Waals surface area (Å²) in [5.74, 6) is -2.24. The van der Waals surface area contributed by atoms with Gasteiger partial charge >= 0.3 is 5.97 Å². The number of carbonyl (C=O) groups excluding carboxylic acids is 1. The summed E-state index contributed by atoms with van der Waals surface area (Å²) in [5, 5.41) is 9.13. The Kier molecular flexibility index (Phi) is 3.15. The number of ether oxygens (including phenoxy) is 1. The minimum Gasteiger partial charge on any atom is -0.479 e. The summed E-state index contributed by atoms with van der Waals surface area (Å²) in [6.07, 6.45) is 3.20. The van der Waals surface area contributed by atoms with E-state index in [1.807, 2.05) is 0 Å². The van der Waals surface area contributed by atoms with Gasteiger partial charge in [-0.05, 0) is 23.6 Å². The molecule has 0 spiro atoms. The standard InChI is InChI=1S/C13H16N2O4/c1-8(2)13(10(16)12(13,14)11(17)18)19-7-9-3-5-15-6-4-9/h3-6,8H,7,14H2,1-2H3,(H,17,18). The fourth-order valence-electron chi connectivity index (χ4n) is 2.39. The van der Waals surface area contributed by atoms with Crippen molar-refractivity contribution in [3.63, 3.8) is 0 Å². The van der Waals surface area contributed by atoms with Gasteiger partial charge in [0.15, 0.2) is 5.60 Å². The van der Waals surface area contributed by atoms with Crippen molar-refractivity contribution < 1.29 is 19.4 Å². The number of ketones is 1. The first-order valence-corrected chi connectivity index (χ1v) is 5.97. The number of pyridine rings is 1. The van der Waals surface area contributed by atoms with Crippen LogP contribution in [0, 0.1) is 5.92 Å². The molecule has 3 N–H and O–H groups in total. The molecule has 1 aromatic heterocycles. The van der Waals surface area contributed by atoms with E-state index >= 15 is 0 Å². The van der Waals surface area contributed by atoms with Gasteiger partial charge in [-0.25, -0.2) is 4.79 Å². The van der Waals surface area contributed by atoms with Crippen LogP contribution in [0.4, 0.5) is 0 Å². The van der Waals surface area contributed by atoms with Crippen molar-refractivity contribution in [1.29, 1.82) is 0 Å². The van der Waals surface area contributed by atoms with Crippen LogP contribution in [0.3, 0.4) is 0 Å². The Balaban J connectivity index is 2.20. The third-order valence-electron chi connectivity index (χ3n) is 3.59. The molecule has 6 heteroatoms. The lowest BCUT2D eigenvalue weighted by atomic mass is 9.99. The number of nitrogens with two attached hydrogens (primary N) is 1. The number of aromatic nitrogens is 1. The van der Waals surface area contributed by atoms with Gasteiger partial charge in [0.25, 0.3) is 0 Å². The van der Waals surface area contributed by atoms with Crippen molar-refractivity contribution in [2.45, 2.75) is 31.6 Å². The van der Waals surface area contributed by atoms with E-state index in [2.05, 4.69) is 4.98 Å². The Morgan fingerprint density at radius 2 is 2.05 bits per heavy atom. The predicted octanol–water partition coefficient (Wildman–Crippen LogP) is 0.358. The van der Waals surface area contributed by atoms with Crippen LogP contribution >= 0.6 is 0 Å². The number of Topliss-reactive ketones (excluding diaryl/α,β-unsaturated/α-hetero) is 1. The largest absolute Gasteiger partial charge is 0.479 e. The molecule has 0 bridgehead atoms. The van der Waals surface area contributed by atoms with Gasteiger partial charge in [0, 0.05) is 12.4 Å². The highest BCUT2D eigenvalue weighted by Crippen LogP contribution is 2.50. The van der Waals surface area contributed by atoms with E-state index in [9.17, 15) is 9.59 Å². The summed E-state index contributed by atoms with van der Waals surface area (Å²) in [6.45, 7) is 3.57. The Hall–Kier alpha value is -1.79. The average molecular weight is 264 g/mol. The first-order valence-electron chi connectivity index (χ1n) is 5.97. The second kappa shape index (κ2) is 4.40. The third-order valence-corrected chi connectivity index (χ3v) is 3.59. The lowest BCUT2D eigenvalue weighted by Gasteiger charge is -2.22. The topological polar surface area (TPSA) is 103 Å². The van der Waals surface area contributed by atoms with Crippen molar-refractivity contribution in [2.75, 3.05) is 0 Å². The molecule has 2 rings (SSSR count). The zero-order valence-electron chi connectivity index (χ0n) is 10.8. The molecule has 1 heterocycles. The molecule has 1 aliphatic rings. The van der Waals surface area contributed by atoms with Gasteiger partial charge in [-0.15, -0.1) is 0 Å². The zero-order chi connectivity index (χ0) is 14.3. The van der Waals surface area contributed by atoms with Crippen LogP contribution in [-0.4, -0.2) is 33.0 Å². The van der Waals surface area contributed by atoms with Gasteiger partial charge in [-0.2, -0.15) is 0 Å². The number of rotatable bonds is 5. The molecule has 0 amide bonds. The zero-order valence-corrected chi connectivity index (χ0v) is 10.8. The maximum absolute atomic E-state index is 11.9. The van der Waals surface area contributed by atoms with Gasteiger partial charge < -0.3 is 15.6 Å². The molecule has 1 aromatic rings. The van der Waals surface area contributed by atoms with Crippen LogP contribution in [-0.2, 0) is 20.9 Å². The molecule has 6 nitrogen and oxygen atoms in total. The van der Waals surface area contributed by atoms with Gasteiger partial charge in [0.2, 0.25) is 11.3 Å². The van der Waals surface area contributed by atoms with Gasteiger partial charge in [-0.3, -0.25) is 9.78 Å². The number of hydrogen-bond acceptors (Lipinski definition) is 5. The Morgan fingerprint density at radius 3 is 2.47 bits per heavy atom. The fraction of sp³-hybridized carbons (Fsp3) is 0.462. The second-order valence-electron chi connectivity index (χ2n) is 4.98. The van der Waals surface area contributed by atoms with Crippen LogP contribution in [0.15, 0.2) is 24.5 Å². The average Bonchev–Trinajstić information content (AvgIpc) is 2.88. The molecule has 0 radical (unpaired) electrons. The van der Waals surface area contributed by atoms with Crippen molar-refractivity contribution >= 4 is 11.8 Å². The highest BCUT2D eigenvalue weighted by atomic mass is 16.5.